The van der Waals surface area contributed by atoms with E-state index in [1.807, 2.05) is 6.08 Å². The van der Waals surface area contributed by atoms with Gasteiger partial charge in [0.1, 0.15) is 17.4 Å². The lowest BCUT2D eigenvalue weighted by molar-refractivity contribution is -0.194. The molecule has 7 N–H and O–H groups in total. The van der Waals surface area contributed by atoms with Crippen LogP contribution in [0.3, 0.4) is 0 Å². The number of ketones is 2. The average molecular weight is 513 g/mol. The number of phenolic OH excluding ortho intramolecular Hbond substituents is 1. The van der Waals surface area contributed by atoms with Gasteiger partial charge in [0, 0.05) is 29.0 Å². The third-order valence-corrected chi connectivity index (χ3v) is 8.89. The van der Waals surface area contributed by atoms with E-state index in [1.54, 1.807) is 19.1 Å². The average Bonchev–Trinajstić information content (AvgIpc) is 2.79. The normalized spacial score (nSPS) is 37.1. The maximum atomic E-state index is 13.8. The maximum absolute atomic E-state index is 13.8. The third kappa shape index (κ3) is 3.29. The van der Waals surface area contributed by atoms with Crippen LogP contribution >= 0.6 is 0 Å². The Kier molecular flexibility index (Phi) is 5.87. The van der Waals surface area contributed by atoms with Crippen molar-refractivity contribution in [2.45, 2.75) is 56.0 Å². The number of nitrogens with two attached hydrogens (primary N) is 1. The van der Waals surface area contributed by atoms with Crippen molar-refractivity contribution < 1.29 is 39.9 Å². The number of aliphatic hydroxyl groups is 4. The summed E-state index contributed by atoms with van der Waals surface area (Å²) in [4.78, 5) is 40.9. The third-order valence-electron chi connectivity index (χ3n) is 8.89. The van der Waals surface area contributed by atoms with Crippen LogP contribution in [-0.4, -0.2) is 85.9 Å². The van der Waals surface area contributed by atoms with Gasteiger partial charge in [-0.15, -0.1) is 0 Å². The van der Waals surface area contributed by atoms with Crippen molar-refractivity contribution in [1.29, 1.82) is 0 Å². The lowest BCUT2D eigenvalue weighted by atomic mass is 9.53. The lowest BCUT2D eigenvalue weighted by Gasteiger charge is -2.56. The molecule has 0 spiro atoms. The summed E-state index contributed by atoms with van der Waals surface area (Å²) in [5, 5.41) is 56.8. The van der Waals surface area contributed by atoms with Crippen LogP contribution in [0.2, 0.25) is 0 Å². The Labute approximate surface area is 213 Å². The van der Waals surface area contributed by atoms with Gasteiger partial charge in [-0.25, -0.2) is 0 Å². The number of likely N-dealkylation sites (N-methyl/N-ethyl adjacent to an activating group) is 1. The van der Waals surface area contributed by atoms with Gasteiger partial charge in [0.15, 0.2) is 17.2 Å². The van der Waals surface area contributed by atoms with E-state index in [0.717, 1.165) is 24.8 Å². The van der Waals surface area contributed by atoms with Crippen molar-refractivity contribution in [3.05, 3.63) is 45.7 Å². The van der Waals surface area contributed by atoms with Crippen molar-refractivity contribution in [2.75, 3.05) is 14.1 Å². The van der Waals surface area contributed by atoms with E-state index in [4.69, 9.17) is 5.73 Å². The summed E-state index contributed by atoms with van der Waals surface area (Å²) in [6.07, 6.45) is 1.44. The number of carbonyl (C=O) groups is 3. The van der Waals surface area contributed by atoms with Crippen LogP contribution in [0.5, 0.6) is 5.75 Å². The number of aromatic hydroxyl groups is 1. The zero-order chi connectivity index (χ0) is 27.1. The molecule has 1 amide bonds. The molecule has 10 nitrogen and oxygen atoms in total. The molecule has 4 aliphatic carbocycles. The standard InChI is InChI=1S/C27H32N2O8/c1-10-13-8-7-12(9-11-5-4-6-11)20(30)15(13)21(31)16-14(10)22(32)18-19(29(2)3)23(33)17(26(28)36)25(35)27(18,37)24(16)34/h7-10,14,17-19,22-23,30,32-34,37H,4-6H2,1-3H3,(H2,28,36)/t10-,14+,17?,18+,19-,22-,23?,27-/m0/s1. The molecule has 8 atom stereocenters. The first kappa shape index (κ1) is 25.6. The Bertz CT molecular complexity index is 1280. The smallest absolute Gasteiger partial charge is 0.230 e. The van der Waals surface area contributed by atoms with Crippen molar-refractivity contribution >= 4 is 23.5 Å². The van der Waals surface area contributed by atoms with Crippen molar-refractivity contribution in [2.24, 2.45) is 23.5 Å². The van der Waals surface area contributed by atoms with Gasteiger partial charge in [0.25, 0.3) is 0 Å². The fourth-order valence-electron chi connectivity index (χ4n) is 6.85. The highest BCUT2D eigenvalue weighted by molar-refractivity contribution is 6.16. The first-order chi connectivity index (χ1) is 17.3. The van der Waals surface area contributed by atoms with Crippen LogP contribution < -0.4 is 5.73 Å². The second kappa shape index (κ2) is 8.49. The summed E-state index contributed by atoms with van der Waals surface area (Å²) >= 11 is 0. The molecule has 10 heteroatoms. The zero-order valence-electron chi connectivity index (χ0n) is 20.9. The van der Waals surface area contributed by atoms with Crippen LogP contribution in [0.1, 0.15) is 53.6 Å². The predicted octanol–water partition coefficient (Wildman–Crippen LogP) is 0.385. The first-order valence-electron chi connectivity index (χ1n) is 12.5. The number of carbonyl (C=O) groups excluding carboxylic acids is 3. The minimum absolute atomic E-state index is 0.0628. The summed E-state index contributed by atoms with van der Waals surface area (Å²) in [5.41, 5.74) is 4.13. The van der Waals surface area contributed by atoms with Gasteiger partial charge < -0.3 is 36.2 Å². The molecule has 0 heterocycles. The Balaban J connectivity index is 1.73. The highest BCUT2D eigenvalue weighted by Gasteiger charge is 2.69. The minimum atomic E-state index is -2.85. The summed E-state index contributed by atoms with van der Waals surface area (Å²) < 4.78 is 0. The number of amides is 1. The summed E-state index contributed by atoms with van der Waals surface area (Å²) in [6.45, 7) is 1.72. The monoisotopic (exact) mass is 512 g/mol. The van der Waals surface area contributed by atoms with E-state index >= 15 is 0 Å². The molecular weight excluding hydrogens is 480 g/mol. The molecule has 1 aromatic rings. The molecule has 0 bridgehead atoms. The molecule has 2 fully saturated rings. The molecule has 2 unspecified atom stereocenters. The number of rotatable bonds is 3. The second-order valence-corrected chi connectivity index (χ2v) is 11.0. The van der Waals surface area contributed by atoms with Crippen LogP contribution in [0.4, 0.5) is 0 Å². The molecule has 0 aromatic heterocycles. The summed E-state index contributed by atoms with van der Waals surface area (Å²) in [6, 6.07) is 2.25. The largest absolute Gasteiger partial charge is 0.508 e. The highest BCUT2D eigenvalue weighted by Crippen LogP contribution is 2.56. The highest BCUT2D eigenvalue weighted by atomic mass is 16.4. The summed E-state index contributed by atoms with van der Waals surface area (Å²) in [7, 11) is 3.07. The number of hydrogen-bond donors (Lipinski definition) is 6. The van der Waals surface area contributed by atoms with E-state index in [1.165, 1.54) is 19.0 Å². The Morgan fingerprint density at radius 1 is 1.14 bits per heavy atom. The van der Waals surface area contributed by atoms with E-state index in [0.29, 0.717) is 11.1 Å². The molecule has 5 rings (SSSR count). The number of nitrogens with zero attached hydrogens (tertiary/aromatic N) is 1. The molecule has 0 radical (unpaired) electrons. The number of aliphatic hydroxyl groups excluding tert-OH is 3. The summed E-state index contributed by atoms with van der Waals surface area (Å²) in [5.74, 6) is -9.56. The Morgan fingerprint density at radius 2 is 1.78 bits per heavy atom. The molecule has 1 aromatic carbocycles. The Morgan fingerprint density at radius 3 is 2.32 bits per heavy atom. The van der Waals surface area contributed by atoms with Gasteiger partial charge >= 0.3 is 0 Å². The molecule has 0 saturated heterocycles. The van der Waals surface area contributed by atoms with E-state index in [2.05, 4.69) is 0 Å². The van der Waals surface area contributed by atoms with E-state index in [-0.39, 0.29) is 16.9 Å². The van der Waals surface area contributed by atoms with Crippen molar-refractivity contribution in [1.82, 2.24) is 4.90 Å². The number of phenols is 1. The van der Waals surface area contributed by atoms with E-state index < -0.39 is 70.8 Å². The van der Waals surface area contributed by atoms with Crippen LogP contribution in [-0.2, 0) is 9.59 Å². The Hall–Kier alpha value is -3.05. The number of hydrogen-bond acceptors (Lipinski definition) is 9. The molecule has 37 heavy (non-hydrogen) atoms. The molecule has 2 saturated carbocycles. The van der Waals surface area contributed by atoms with E-state index in [9.17, 15) is 39.9 Å². The zero-order valence-corrected chi connectivity index (χ0v) is 20.9. The molecular formula is C27H32N2O8. The van der Waals surface area contributed by atoms with Gasteiger partial charge in [0.2, 0.25) is 5.91 Å². The molecule has 0 aliphatic heterocycles. The van der Waals surface area contributed by atoms with Crippen molar-refractivity contribution in [3.8, 4) is 5.75 Å². The predicted molar refractivity (Wildman–Crippen MR) is 131 cm³/mol. The van der Waals surface area contributed by atoms with Crippen LogP contribution in [0, 0.1) is 17.8 Å². The molecule has 4 aliphatic rings. The van der Waals surface area contributed by atoms with Gasteiger partial charge in [-0.3, -0.25) is 14.4 Å². The SMILES string of the molecule is C[C@H]1c2ccc(C=C3CCC3)c(O)c2C(=O)C2=C(O)[C@]3(O)C(=O)C(C(N)=O)C(O)[C@@H](N(C)C)[C@@H]3[C@@H](O)[C@@H]21. The lowest BCUT2D eigenvalue weighted by Crippen LogP contribution is -2.74. The number of primary amides is 1. The fourth-order valence-corrected chi connectivity index (χ4v) is 6.85. The van der Waals surface area contributed by atoms with Gasteiger partial charge in [-0.2, -0.15) is 0 Å². The number of fused-ring (bicyclic) bond motifs is 3. The van der Waals surface area contributed by atoms with Gasteiger partial charge in [-0.1, -0.05) is 30.7 Å². The van der Waals surface area contributed by atoms with Gasteiger partial charge in [-0.05, 0) is 44.8 Å². The van der Waals surface area contributed by atoms with Crippen LogP contribution in [0.25, 0.3) is 6.08 Å². The van der Waals surface area contributed by atoms with Crippen molar-refractivity contribution in [3.63, 3.8) is 0 Å². The number of benzene rings is 1. The second-order valence-electron chi connectivity index (χ2n) is 11.0. The minimum Gasteiger partial charge on any atom is -0.508 e. The van der Waals surface area contributed by atoms with Gasteiger partial charge in [0.05, 0.1) is 17.8 Å². The van der Waals surface area contributed by atoms with Crippen LogP contribution in [0.15, 0.2) is 29.0 Å². The number of allylic oxidation sites excluding steroid dienone is 1. The quantitative estimate of drug-likeness (QED) is 0.312. The number of Topliss-reactive ketones (excluding diaryl/α,β-unsaturated/α-hetero) is 2. The first-order valence-corrected chi connectivity index (χ1v) is 12.5. The molecule has 198 valence electrons. The topological polar surface area (TPSA) is 182 Å². The maximum Gasteiger partial charge on any atom is 0.230 e. The fraction of sp³-hybridized carbons (Fsp3) is 0.519.